The lowest BCUT2D eigenvalue weighted by atomic mass is 9.99. The van der Waals surface area contributed by atoms with Gasteiger partial charge in [-0.2, -0.15) is 0 Å². The summed E-state index contributed by atoms with van der Waals surface area (Å²) in [5, 5.41) is 0. The normalized spacial score (nSPS) is 31.9. The quantitative estimate of drug-likeness (QED) is 0.639. The van der Waals surface area contributed by atoms with Crippen LogP contribution < -0.4 is 5.73 Å². The van der Waals surface area contributed by atoms with Crippen LogP contribution in [0.1, 0.15) is 19.8 Å². The molecule has 0 saturated carbocycles. The van der Waals surface area contributed by atoms with Crippen LogP contribution in [0, 0.1) is 0 Å². The van der Waals surface area contributed by atoms with Gasteiger partial charge in [-0.25, -0.2) is 0 Å². The number of nitrogens with two attached hydrogens (primary N) is 1. The van der Waals surface area contributed by atoms with Gasteiger partial charge in [0.25, 0.3) is 0 Å². The first-order chi connectivity index (χ1) is 4.22. The third-order valence-electron chi connectivity index (χ3n) is 2.36. The Hall–Kier alpha value is 0.500. The van der Waals surface area contributed by atoms with Crippen molar-refractivity contribution >= 4 is 24.8 Å². The van der Waals surface area contributed by atoms with Gasteiger partial charge in [-0.3, -0.25) is 0 Å². The van der Waals surface area contributed by atoms with Crippen LogP contribution in [0.4, 0.5) is 0 Å². The fraction of sp³-hybridized carbons (Fsp3) is 1.00. The first-order valence-corrected chi connectivity index (χ1v) is 3.67. The molecule has 2 N–H and O–H groups in total. The highest BCUT2D eigenvalue weighted by molar-refractivity contribution is 5.85. The van der Waals surface area contributed by atoms with Crippen LogP contribution in [0.5, 0.6) is 0 Å². The molecule has 1 rings (SSSR count). The highest BCUT2D eigenvalue weighted by Crippen LogP contribution is 2.12. The number of likely N-dealkylation sites (tertiary alicyclic amines) is 1. The SMILES string of the molecule is C[C@@H]1[C@H](N)CCCN1C.Cl.Cl. The van der Waals surface area contributed by atoms with Crippen LogP contribution in [-0.2, 0) is 0 Å². The lowest BCUT2D eigenvalue weighted by molar-refractivity contribution is 0.176. The maximum atomic E-state index is 5.83. The summed E-state index contributed by atoms with van der Waals surface area (Å²) in [6.07, 6.45) is 2.47. The number of nitrogens with zero attached hydrogens (tertiary/aromatic N) is 1. The third-order valence-corrected chi connectivity index (χ3v) is 2.36. The highest BCUT2D eigenvalue weighted by Gasteiger charge is 2.21. The van der Waals surface area contributed by atoms with Crippen LogP contribution in [0.3, 0.4) is 0 Å². The van der Waals surface area contributed by atoms with Gasteiger partial charge in [0.2, 0.25) is 0 Å². The molecule has 1 heterocycles. The third kappa shape index (κ3) is 3.61. The van der Waals surface area contributed by atoms with E-state index in [1.807, 2.05) is 0 Å². The van der Waals surface area contributed by atoms with E-state index in [1.165, 1.54) is 19.4 Å². The fourth-order valence-corrected chi connectivity index (χ4v) is 1.35. The van der Waals surface area contributed by atoms with E-state index in [4.69, 9.17) is 5.73 Å². The van der Waals surface area contributed by atoms with Crippen LogP contribution in [-0.4, -0.2) is 30.6 Å². The molecule has 0 aromatic rings. The summed E-state index contributed by atoms with van der Waals surface area (Å²) in [6.45, 7) is 3.42. The predicted octanol–water partition coefficient (Wildman–Crippen LogP) is 1.27. The second kappa shape index (κ2) is 6.06. The smallest absolute Gasteiger partial charge is 0.0215 e. The van der Waals surface area contributed by atoms with E-state index in [-0.39, 0.29) is 24.8 Å². The minimum atomic E-state index is 0. The summed E-state index contributed by atoms with van der Waals surface area (Å²) >= 11 is 0. The van der Waals surface area contributed by atoms with Crippen molar-refractivity contribution in [2.75, 3.05) is 13.6 Å². The number of piperidine rings is 1. The zero-order valence-electron chi connectivity index (χ0n) is 7.12. The molecular weight excluding hydrogens is 183 g/mol. The Kier molecular flexibility index (Phi) is 7.75. The van der Waals surface area contributed by atoms with Crippen molar-refractivity contribution in [1.29, 1.82) is 0 Å². The van der Waals surface area contributed by atoms with Crippen molar-refractivity contribution in [1.82, 2.24) is 4.90 Å². The average Bonchev–Trinajstić information content (AvgIpc) is 1.83. The zero-order chi connectivity index (χ0) is 6.85. The second-order valence-electron chi connectivity index (χ2n) is 3.03. The Morgan fingerprint density at radius 3 is 2.27 bits per heavy atom. The zero-order valence-corrected chi connectivity index (χ0v) is 8.75. The predicted molar refractivity (Wildman–Crippen MR) is 53.8 cm³/mol. The summed E-state index contributed by atoms with van der Waals surface area (Å²) in [5.74, 6) is 0. The van der Waals surface area contributed by atoms with E-state index in [0.29, 0.717) is 12.1 Å². The molecule has 0 radical (unpaired) electrons. The van der Waals surface area contributed by atoms with Crippen molar-refractivity contribution in [2.24, 2.45) is 5.73 Å². The van der Waals surface area contributed by atoms with Gasteiger partial charge in [0.1, 0.15) is 0 Å². The Morgan fingerprint density at radius 1 is 1.36 bits per heavy atom. The number of likely N-dealkylation sites (N-methyl/N-ethyl adjacent to an activating group) is 1. The molecule has 11 heavy (non-hydrogen) atoms. The molecule has 2 atom stereocenters. The summed E-state index contributed by atoms with van der Waals surface area (Å²) < 4.78 is 0. The molecule has 70 valence electrons. The molecule has 0 aromatic carbocycles. The molecule has 2 nitrogen and oxygen atoms in total. The fourth-order valence-electron chi connectivity index (χ4n) is 1.35. The second-order valence-corrected chi connectivity index (χ2v) is 3.03. The summed E-state index contributed by atoms with van der Waals surface area (Å²) in [5.41, 5.74) is 5.83. The molecular formula is C7H18Cl2N2. The Morgan fingerprint density at radius 2 is 1.91 bits per heavy atom. The van der Waals surface area contributed by atoms with Crippen molar-refractivity contribution in [3.63, 3.8) is 0 Å². The number of rotatable bonds is 0. The van der Waals surface area contributed by atoms with E-state index in [1.54, 1.807) is 0 Å². The molecule has 0 aromatic heterocycles. The first-order valence-electron chi connectivity index (χ1n) is 3.67. The Bertz CT molecular complexity index is 90.4. The molecule has 0 bridgehead atoms. The molecule has 1 fully saturated rings. The molecule has 4 heteroatoms. The standard InChI is InChI=1S/C7H16N2.2ClH/c1-6-7(8)4-3-5-9(6)2;;/h6-7H,3-5,8H2,1-2H3;2*1H/t6-,7-;;/m1../s1. The topological polar surface area (TPSA) is 29.3 Å². The summed E-state index contributed by atoms with van der Waals surface area (Å²) in [4.78, 5) is 2.33. The van der Waals surface area contributed by atoms with E-state index in [9.17, 15) is 0 Å². The average molecular weight is 201 g/mol. The molecule has 0 aliphatic carbocycles. The monoisotopic (exact) mass is 200 g/mol. The first kappa shape index (κ1) is 14.0. The van der Waals surface area contributed by atoms with E-state index in [2.05, 4.69) is 18.9 Å². The van der Waals surface area contributed by atoms with Gasteiger partial charge in [-0.05, 0) is 33.4 Å². The van der Waals surface area contributed by atoms with E-state index < -0.39 is 0 Å². The van der Waals surface area contributed by atoms with Gasteiger partial charge < -0.3 is 10.6 Å². The van der Waals surface area contributed by atoms with Crippen LogP contribution in [0.15, 0.2) is 0 Å². The molecule has 0 unspecified atom stereocenters. The molecule has 0 spiro atoms. The molecule has 1 saturated heterocycles. The highest BCUT2D eigenvalue weighted by atomic mass is 35.5. The maximum absolute atomic E-state index is 5.83. The summed E-state index contributed by atoms with van der Waals surface area (Å²) in [6, 6.07) is 0.988. The largest absolute Gasteiger partial charge is 0.326 e. The van der Waals surface area contributed by atoms with Crippen LogP contribution in [0.25, 0.3) is 0 Å². The van der Waals surface area contributed by atoms with Crippen molar-refractivity contribution < 1.29 is 0 Å². The van der Waals surface area contributed by atoms with E-state index in [0.717, 1.165) is 0 Å². The van der Waals surface area contributed by atoms with Gasteiger partial charge in [-0.1, -0.05) is 0 Å². The van der Waals surface area contributed by atoms with Gasteiger partial charge >= 0.3 is 0 Å². The summed E-state index contributed by atoms with van der Waals surface area (Å²) in [7, 11) is 2.14. The van der Waals surface area contributed by atoms with Crippen molar-refractivity contribution in [3.05, 3.63) is 0 Å². The van der Waals surface area contributed by atoms with Gasteiger partial charge in [-0.15, -0.1) is 24.8 Å². The molecule has 0 amide bonds. The van der Waals surface area contributed by atoms with Gasteiger partial charge in [0, 0.05) is 12.1 Å². The molecule has 1 aliphatic heterocycles. The van der Waals surface area contributed by atoms with Gasteiger partial charge in [0.05, 0.1) is 0 Å². The van der Waals surface area contributed by atoms with E-state index >= 15 is 0 Å². The Balaban J connectivity index is 0. The Labute approximate surface area is 81.3 Å². The lowest BCUT2D eigenvalue weighted by Crippen LogP contribution is -2.48. The van der Waals surface area contributed by atoms with Crippen molar-refractivity contribution in [2.45, 2.75) is 31.8 Å². The number of hydrogen-bond donors (Lipinski definition) is 1. The number of hydrogen-bond acceptors (Lipinski definition) is 2. The number of halogens is 2. The minimum Gasteiger partial charge on any atom is -0.326 e. The lowest BCUT2D eigenvalue weighted by Gasteiger charge is -2.34. The maximum Gasteiger partial charge on any atom is 0.0215 e. The molecule has 1 aliphatic rings. The van der Waals surface area contributed by atoms with Crippen molar-refractivity contribution in [3.8, 4) is 0 Å². The van der Waals surface area contributed by atoms with Crippen LogP contribution >= 0.6 is 24.8 Å². The minimum absolute atomic E-state index is 0. The van der Waals surface area contributed by atoms with Gasteiger partial charge in [0.15, 0.2) is 0 Å². The van der Waals surface area contributed by atoms with Crippen LogP contribution in [0.2, 0.25) is 0 Å².